The van der Waals surface area contributed by atoms with E-state index in [0.717, 1.165) is 5.56 Å². The summed E-state index contributed by atoms with van der Waals surface area (Å²) in [5.41, 5.74) is 1.55. The Morgan fingerprint density at radius 2 is 1.92 bits per heavy atom. The van der Waals surface area contributed by atoms with Gasteiger partial charge in [-0.2, -0.15) is 4.98 Å². The maximum absolute atomic E-state index is 11.4. The van der Waals surface area contributed by atoms with Gasteiger partial charge in [0.15, 0.2) is 0 Å². The topological polar surface area (TPSA) is 137 Å². The summed E-state index contributed by atoms with van der Waals surface area (Å²) in [7, 11) is -3.21. The molecule has 0 saturated carbocycles. The van der Waals surface area contributed by atoms with Crippen molar-refractivity contribution in [3.63, 3.8) is 0 Å². The van der Waals surface area contributed by atoms with Crippen molar-refractivity contribution < 1.29 is 9.32 Å². The number of nitrogens with one attached hydrogen (secondary N) is 3. The lowest BCUT2D eigenvalue weighted by molar-refractivity contribution is 0.281. The van der Waals surface area contributed by atoms with Crippen LogP contribution < -0.4 is 15.8 Å². The average Bonchev–Trinajstić information content (AvgIpc) is 2.59. The van der Waals surface area contributed by atoms with Crippen molar-refractivity contribution in [2.45, 2.75) is 38.6 Å². The number of nitrogens with two attached hydrogens (primary N) is 1. The van der Waals surface area contributed by atoms with Crippen molar-refractivity contribution in [2.24, 2.45) is 5.14 Å². The summed E-state index contributed by atoms with van der Waals surface area (Å²) in [4.78, 5) is 8.82. The molecule has 1 unspecified atom stereocenters. The largest absolute Gasteiger partial charge is 0.394 e. The van der Waals surface area contributed by atoms with Crippen LogP contribution in [0, 0.1) is 11.7 Å². The Balaban J connectivity index is 0.00000151. The molecule has 2 rings (SSSR count). The van der Waals surface area contributed by atoms with E-state index >= 15 is 0 Å². The molecule has 138 valence electrons. The fourth-order valence-corrected chi connectivity index (χ4v) is 2.34. The Kier molecular flexibility index (Phi) is 7.75. The molecule has 9 heteroatoms. The van der Waals surface area contributed by atoms with E-state index < -0.39 is 9.92 Å². The van der Waals surface area contributed by atoms with Crippen LogP contribution in [0.3, 0.4) is 0 Å². The minimum Gasteiger partial charge on any atom is -0.394 e. The second-order valence-corrected chi connectivity index (χ2v) is 6.88. The van der Waals surface area contributed by atoms with Crippen molar-refractivity contribution in [3.8, 4) is 0 Å². The summed E-state index contributed by atoms with van der Waals surface area (Å²) in [6.45, 7) is 7.72. The number of nitrogens with zero attached hydrogens (tertiary/aromatic N) is 2. The van der Waals surface area contributed by atoms with E-state index in [9.17, 15) is 4.21 Å². The number of aliphatic hydroxyl groups is 1. The zero-order valence-corrected chi connectivity index (χ0v) is 15.7. The molecule has 1 aromatic carbocycles. The van der Waals surface area contributed by atoms with Crippen LogP contribution in [0.1, 0.15) is 26.3 Å². The highest BCUT2D eigenvalue weighted by Crippen LogP contribution is 2.19. The maximum atomic E-state index is 11.4. The van der Waals surface area contributed by atoms with Gasteiger partial charge in [-0.1, -0.05) is 13.8 Å². The van der Waals surface area contributed by atoms with Gasteiger partial charge in [0.25, 0.3) is 0 Å². The fourth-order valence-electron chi connectivity index (χ4n) is 1.80. The number of aromatic nitrogens is 2. The van der Waals surface area contributed by atoms with Crippen molar-refractivity contribution in [1.29, 1.82) is 4.78 Å². The van der Waals surface area contributed by atoms with Crippen molar-refractivity contribution in [3.05, 3.63) is 36.0 Å². The smallest absolute Gasteiger partial charge is 0.229 e. The van der Waals surface area contributed by atoms with Gasteiger partial charge in [0.1, 0.15) is 15.7 Å². The minimum absolute atomic E-state index is 0.000835. The van der Waals surface area contributed by atoms with Crippen LogP contribution >= 0.6 is 0 Å². The standard InChI is InChI=1S/C14H20N6O2S.C2H6/c1-9-7-17-14(20-13(9)18-10(2)8-21)19-11-3-5-12(6-4-11)23(15,16)22;1-2/h3-7,10,21H,8H2,1-2H3,(H3,15,16,22)(H2,17,18,19,20);1-2H3/t10-;/m1./s1. The van der Waals surface area contributed by atoms with Gasteiger partial charge in [0.05, 0.1) is 11.5 Å². The van der Waals surface area contributed by atoms with E-state index in [1.165, 1.54) is 12.1 Å². The van der Waals surface area contributed by atoms with E-state index in [4.69, 9.17) is 15.0 Å². The van der Waals surface area contributed by atoms with Crippen molar-refractivity contribution in [2.75, 3.05) is 17.2 Å². The molecule has 0 amide bonds. The first-order valence-electron chi connectivity index (χ1n) is 7.94. The van der Waals surface area contributed by atoms with Crippen molar-refractivity contribution >= 4 is 27.4 Å². The fraction of sp³-hybridized carbons (Fsp3) is 0.375. The Hall–Kier alpha value is -2.23. The van der Waals surface area contributed by atoms with Crippen LogP contribution in [-0.4, -0.2) is 31.9 Å². The quantitative estimate of drug-likeness (QED) is 0.533. The molecule has 25 heavy (non-hydrogen) atoms. The van der Waals surface area contributed by atoms with E-state index in [-0.39, 0.29) is 17.5 Å². The summed E-state index contributed by atoms with van der Waals surface area (Å²) in [6.07, 6.45) is 1.67. The van der Waals surface area contributed by atoms with Crippen molar-refractivity contribution in [1.82, 2.24) is 9.97 Å². The van der Waals surface area contributed by atoms with Crippen LogP contribution in [0.15, 0.2) is 35.4 Å². The molecule has 0 radical (unpaired) electrons. The normalized spacial score (nSPS) is 13.8. The first-order chi connectivity index (χ1) is 11.8. The molecule has 0 saturated heterocycles. The molecule has 0 aliphatic heterocycles. The van der Waals surface area contributed by atoms with Gasteiger partial charge >= 0.3 is 0 Å². The lowest BCUT2D eigenvalue weighted by atomic mass is 10.3. The van der Waals surface area contributed by atoms with E-state index in [2.05, 4.69) is 20.6 Å². The first-order valence-corrected chi connectivity index (χ1v) is 9.56. The van der Waals surface area contributed by atoms with Crippen LogP contribution in [0.2, 0.25) is 0 Å². The van der Waals surface area contributed by atoms with Crippen LogP contribution in [0.4, 0.5) is 17.5 Å². The van der Waals surface area contributed by atoms with Gasteiger partial charge in [-0.05, 0) is 38.1 Å². The highest BCUT2D eigenvalue weighted by Gasteiger charge is 2.08. The van der Waals surface area contributed by atoms with Gasteiger partial charge in [0, 0.05) is 23.5 Å². The Morgan fingerprint density at radius 3 is 2.44 bits per heavy atom. The Morgan fingerprint density at radius 1 is 1.32 bits per heavy atom. The molecular weight excluding hydrogens is 340 g/mol. The predicted molar refractivity (Wildman–Crippen MR) is 101 cm³/mol. The lowest BCUT2D eigenvalue weighted by Gasteiger charge is -2.14. The average molecular weight is 366 g/mol. The second-order valence-electron chi connectivity index (χ2n) is 5.20. The van der Waals surface area contributed by atoms with E-state index in [1.807, 2.05) is 27.7 Å². The van der Waals surface area contributed by atoms with E-state index in [0.29, 0.717) is 17.5 Å². The van der Waals surface area contributed by atoms with Crippen LogP contribution in [0.25, 0.3) is 0 Å². The lowest BCUT2D eigenvalue weighted by Crippen LogP contribution is -2.21. The number of rotatable bonds is 6. The number of aliphatic hydroxyl groups excluding tert-OH is 1. The summed E-state index contributed by atoms with van der Waals surface area (Å²) in [5.74, 6) is 1.02. The maximum Gasteiger partial charge on any atom is 0.229 e. The summed E-state index contributed by atoms with van der Waals surface area (Å²) in [6, 6.07) is 6.24. The molecule has 0 spiro atoms. The molecule has 2 atom stereocenters. The van der Waals surface area contributed by atoms with Gasteiger partial charge in [-0.25, -0.2) is 19.1 Å². The SMILES string of the molecule is CC.Cc1cnc(Nc2ccc(S(=N)(N)=O)cc2)nc1N[C@H](C)CO. The highest BCUT2D eigenvalue weighted by atomic mass is 32.2. The Labute approximate surface area is 149 Å². The minimum atomic E-state index is -3.21. The summed E-state index contributed by atoms with van der Waals surface area (Å²) < 4.78 is 18.8. The second kappa shape index (κ2) is 9.30. The van der Waals surface area contributed by atoms with Gasteiger partial charge < -0.3 is 15.7 Å². The molecule has 2 aromatic rings. The molecule has 8 nitrogen and oxygen atoms in total. The van der Waals surface area contributed by atoms with Gasteiger partial charge in [0.2, 0.25) is 5.95 Å². The molecule has 0 fully saturated rings. The molecule has 0 aliphatic carbocycles. The first kappa shape index (κ1) is 20.8. The third-order valence-corrected chi connectivity index (χ3v) is 4.06. The number of aryl methyl sites for hydroxylation is 1. The third-order valence-electron chi connectivity index (χ3n) is 3.09. The zero-order chi connectivity index (χ0) is 19.0. The molecule has 1 aromatic heterocycles. The number of hydrogen-bond acceptors (Lipinski definition) is 7. The predicted octanol–water partition coefficient (Wildman–Crippen LogP) is 2.63. The number of anilines is 3. The van der Waals surface area contributed by atoms with Crippen LogP contribution in [-0.2, 0) is 9.92 Å². The molecule has 6 N–H and O–H groups in total. The molecule has 0 bridgehead atoms. The zero-order valence-electron chi connectivity index (χ0n) is 14.9. The molecule has 1 heterocycles. The monoisotopic (exact) mass is 366 g/mol. The number of benzene rings is 1. The number of hydrogen-bond donors (Lipinski definition) is 5. The Bertz CT molecular complexity index is 778. The van der Waals surface area contributed by atoms with Crippen LogP contribution in [0.5, 0.6) is 0 Å². The van der Waals surface area contributed by atoms with Gasteiger partial charge in [-0.3, -0.25) is 0 Å². The van der Waals surface area contributed by atoms with E-state index in [1.54, 1.807) is 18.3 Å². The summed E-state index contributed by atoms with van der Waals surface area (Å²) in [5, 5.41) is 20.5. The highest BCUT2D eigenvalue weighted by molar-refractivity contribution is 7.90. The summed E-state index contributed by atoms with van der Waals surface area (Å²) >= 11 is 0. The third kappa shape index (κ3) is 6.29. The molecule has 0 aliphatic rings. The molecular formula is C16H26N6O2S. The van der Waals surface area contributed by atoms with Gasteiger partial charge in [-0.15, -0.1) is 0 Å².